The summed E-state index contributed by atoms with van der Waals surface area (Å²) >= 11 is 0. The molecular formula is C22H28BrFN4O2. The van der Waals surface area contributed by atoms with Crippen molar-refractivity contribution in [2.24, 2.45) is 0 Å². The van der Waals surface area contributed by atoms with E-state index < -0.39 is 5.82 Å². The number of carbonyl (C=O) groups excluding carboxylic acids is 2. The average molecular weight is 479 g/mol. The summed E-state index contributed by atoms with van der Waals surface area (Å²) in [4.78, 5) is 30.5. The number of aromatic amines is 1. The maximum atomic E-state index is 13.7. The van der Waals surface area contributed by atoms with E-state index in [4.69, 9.17) is 0 Å². The van der Waals surface area contributed by atoms with Crippen molar-refractivity contribution in [2.45, 2.75) is 27.7 Å². The van der Waals surface area contributed by atoms with Gasteiger partial charge in [-0.25, -0.2) is 4.39 Å². The van der Waals surface area contributed by atoms with Gasteiger partial charge < -0.3 is 20.5 Å². The third-order valence-electron chi connectivity index (χ3n) is 5.36. The van der Waals surface area contributed by atoms with Crippen LogP contribution in [-0.2, 0) is 4.79 Å². The second-order valence-electron chi connectivity index (χ2n) is 7.15. The van der Waals surface area contributed by atoms with Crippen molar-refractivity contribution >= 4 is 46.1 Å². The van der Waals surface area contributed by atoms with Gasteiger partial charge in [0, 0.05) is 35.7 Å². The van der Waals surface area contributed by atoms with Gasteiger partial charge in [0.2, 0.25) is 0 Å². The van der Waals surface area contributed by atoms with Crippen molar-refractivity contribution in [3.8, 4) is 0 Å². The number of likely N-dealkylation sites (N-methyl/N-ethyl adjacent to an activating group) is 1. The number of fused-ring (bicyclic) bond motifs is 1. The molecule has 0 bridgehead atoms. The number of hydrogen-bond donors (Lipinski definition) is 3. The SMILES string of the molecule is Br.CCN(CC)CCNC(=O)c1c(C)[nH]c(/C=C2\C(=O)Nc3ccc(F)cc32)c1C. The predicted octanol–water partition coefficient (Wildman–Crippen LogP) is 3.91. The van der Waals surface area contributed by atoms with Crippen LogP contribution in [0.1, 0.15) is 46.7 Å². The molecule has 3 rings (SSSR count). The Hall–Kier alpha value is -2.45. The van der Waals surface area contributed by atoms with E-state index >= 15 is 0 Å². The van der Waals surface area contributed by atoms with Crippen LogP contribution in [0.3, 0.4) is 0 Å². The number of aryl methyl sites for hydroxylation is 1. The lowest BCUT2D eigenvalue weighted by atomic mass is 10.0. The molecule has 30 heavy (non-hydrogen) atoms. The Morgan fingerprint density at radius 3 is 2.60 bits per heavy atom. The molecular weight excluding hydrogens is 451 g/mol. The van der Waals surface area contributed by atoms with Crippen molar-refractivity contribution < 1.29 is 14.0 Å². The third kappa shape index (κ3) is 4.82. The number of benzene rings is 1. The molecule has 1 aliphatic heterocycles. The highest BCUT2D eigenvalue weighted by Crippen LogP contribution is 2.34. The highest BCUT2D eigenvalue weighted by atomic mass is 79.9. The molecule has 0 spiro atoms. The molecule has 2 heterocycles. The number of halogens is 2. The minimum Gasteiger partial charge on any atom is -0.358 e. The molecule has 0 saturated heterocycles. The number of nitrogens with zero attached hydrogens (tertiary/aromatic N) is 1. The van der Waals surface area contributed by atoms with E-state index in [9.17, 15) is 14.0 Å². The quantitative estimate of drug-likeness (QED) is 0.527. The number of H-pyrrole nitrogens is 1. The zero-order chi connectivity index (χ0) is 21.1. The van der Waals surface area contributed by atoms with E-state index in [1.54, 1.807) is 12.1 Å². The summed E-state index contributed by atoms with van der Waals surface area (Å²) in [7, 11) is 0. The maximum absolute atomic E-state index is 13.7. The fourth-order valence-electron chi connectivity index (χ4n) is 3.66. The molecule has 3 N–H and O–H groups in total. The lowest BCUT2D eigenvalue weighted by Gasteiger charge is -2.18. The van der Waals surface area contributed by atoms with Crippen molar-refractivity contribution in [3.63, 3.8) is 0 Å². The molecule has 1 aliphatic rings. The smallest absolute Gasteiger partial charge is 0.256 e. The van der Waals surface area contributed by atoms with Crippen LogP contribution in [0.4, 0.5) is 10.1 Å². The first kappa shape index (κ1) is 23.8. The van der Waals surface area contributed by atoms with Gasteiger partial charge in [-0.1, -0.05) is 13.8 Å². The second-order valence-corrected chi connectivity index (χ2v) is 7.15. The van der Waals surface area contributed by atoms with Crippen molar-refractivity contribution in [3.05, 3.63) is 52.1 Å². The van der Waals surface area contributed by atoms with E-state index in [-0.39, 0.29) is 28.8 Å². The van der Waals surface area contributed by atoms with Gasteiger partial charge in [-0.2, -0.15) is 0 Å². The Kier molecular flexibility index (Phi) is 7.97. The minimum atomic E-state index is -0.404. The Morgan fingerprint density at radius 2 is 1.93 bits per heavy atom. The monoisotopic (exact) mass is 478 g/mol. The Labute approximate surface area is 186 Å². The Morgan fingerprint density at radius 1 is 1.23 bits per heavy atom. The Bertz CT molecular complexity index is 980. The first-order valence-corrected chi connectivity index (χ1v) is 9.88. The van der Waals surface area contributed by atoms with E-state index in [1.165, 1.54) is 12.1 Å². The lowest BCUT2D eigenvalue weighted by molar-refractivity contribution is -0.110. The van der Waals surface area contributed by atoms with E-state index in [0.29, 0.717) is 34.6 Å². The summed E-state index contributed by atoms with van der Waals surface area (Å²) in [5, 5.41) is 5.70. The van der Waals surface area contributed by atoms with Crippen LogP contribution >= 0.6 is 17.0 Å². The van der Waals surface area contributed by atoms with Crippen molar-refractivity contribution in [2.75, 3.05) is 31.5 Å². The second kappa shape index (κ2) is 10.0. The number of carbonyl (C=O) groups is 2. The van der Waals surface area contributed by atoms with Crippen LogP contribution in [0, 0.1) is 19.7 Å². The summed E-state index contributed by atoms with van der Waals surface area (Å²) < 4.78 is 13.7. The van der Waals surface area contributed by atoms with Gasteiger partial charge in [-0.05, 0) is 56.8 Å². The van der Waals surface area contributed by atoms with Crippen LogP contribution in [0.5, 0.6) is 0 Å². The predicted molar refractivity (Wildman–Crippen MR) is 124 cm³/mol. The number of nitrogens with one attached hydrogen (secondary N) is 3. The maximum Gasteiger partial charge on any atom is 0.256 e. The molecule has 0 radical (unpaired) electrons. The first-order valence-electron chi connectivity index (χ1n) is 9.88. The number of rotatable bonds is 7. The van der Waals surface area contributed by atoms with Gasteiger partial charge in [0.15, 0.2) is 0 Å². The molecule has 2 aromatic rings. The average Bonchev–Trinajstić information content (AvgIpc) is 3.14. The highest BCUT2D eigenvalue weighted by Gasteiger charge is 2.26. The molecule has 2 amide bonds. The first-order chi connectivity index (χ1) is 13.8. The molecule has 0 aliphatic carbocycles. The Balaban J connectivity index is 0.00000320. The van der Waals surface area contributed by atoms with Crippen molar-refractivity contribution in [1.82, 2.24) is 15.2 Å². The van der Waals surface area contributed by atoms with E-state index in [2.05, 4.69) is 34.4 Å². The normalized spacial score (nSPS) is 13.9. The molecule has 0 fully saturated rings. The molecule has 1 aromatic heterocycles. The van der Waals surface area contributed by atoms with Crippen molar-refractivity contribution in [1.29, 1.82) is 0 Å². The highest BCUT2D eigenvalue weighted by molar-refractivity contribution is 8.93. The summed E-state index contributed by atoms with van der Waals surface area (Å²) in [6, 6.07) is 4.20. The van der Waals surface area contributed by atoms with Gasteiger partial charge in [-0.15, -0.1) is 17.0 Å². The largest absolute Gasteiger partial charge is 0.358 e. The third-order valence-corrected chi connectivity index (χ3v) is 5.36. The van der Waals surface area contributed by atoms with Gasteiger partial charge in [-0.3, -0.25) is 9.59 Å². The van der Waals surface area contributed by atoms with E-state index in [0.717, 1.165) is 30.9 Å². The summed E-state index contributed by atoms with van der Waals surface area (Å²) in [6.45, 7) is 11.1. The van der Waals surface area contributed by atoms with Gasteiger partial charge in [0.1, 0.15) is 5.82 Å². The molecule has 0 saturated carbocycles. The van der Waals surface area contributed by atoms with Gasteiger partial charge >= 0.3 is 0 Å². The molecule has 8 heteroatoms. The summed E-state index contributed by atoms with van der Waals surface area (Å²) in [5.41, 5.74) is 4.20. The number of hydrogen-bond acceptors (Lipinski definition) is 3. The summed E-state index contributed by atoms with van der Waals surface area (Å²) in [6.07, 6.45) is 1.68. The molecule has 162 valence electrons. The number of anilines is 1. The van der Waals surface area contributed by atoms with Gasteiger partial charge in [0.05, 0.1) is 11.1 Å². The van der Waals surface area contributed by atoms with E-state index in [1.807, 2.05) is 13.8 Å². The van der Waals surface area contributed by atoms with Crippen LogP contribution in [-0.4, -0.2) is 47.9 Å². The van der Waals surface area contributed by atoms with Crippen LogP contribution in [0.25, 0.3) is 11.6 Å². The fourth-order valence-corrected chi connectivity index (χ4v) is 3.66. The van der Waals surface area contributed by atoms with Crippen LogP contribution < -0.4 is 10.6 Å². The molecule has 6 nitrogen and oxygen atoms in total. The zero-order valence-corrected chi connectivity index (χ0v) is 19.4. The zero-order valence-electron chi connectivity index (χ0n) is 17.7. The lowest BCUT2D eigenvalue weighted by Crippen LogP contribution is -2.35. The fraction of sp³-hybridized carbons (Fsp3) is 0.364. The van der Waals surface area contributed by atoms with Crippen LogP contribution in [0.2, 0.25) is 0 Å². The number of aromatic nitrogens is 1. The standard InChI is InChI=1S/C22H27FN4O2.BrH/c1-5-27(6-2)10-9-24-22(29)20-13(3)19(25-14(20)4)12-17-16-11-15(23)7-8-18(16)26-21(17)28;/h7-8,11-12,25H,5-6,9-10H2,1-4H3,(H,24,29)(H,26,28);1H/b17-12-;. The minimum absolute atomic E-state index is 0. The molecule has 0 unspecified atom stereocenters. The molecule has 0 atom stereocenters. The summed E-state index contributed by atoms with van der Waals surface area (Å²) in [5.74, 6) is -0.836. The topological polar surface area (TPSA) is 77.2 Å². The van der Waals surface area contributed by atoms with Crippen LogP contribution in [0.15, 0.2) is 18.2 Å². The molecule has 1 aromatic carbocycles. The number of amides is 2. The van der Waals surface area contributed by atoms with Gasteiger partial charge in [0.25, 0.3) is 11.8 Å².